The molecule has 19 heavy (non-hydrogen) atoms. The van der Waals surface area contributed by atoms with Crippen molar-refractivity contribution in [2.75, 3.05) is 5.73 Å². The topological polar surface area (TPSA) is 123 Å². The second-order valence-corrected chi connectivity index (χ2v) is 3.78. The summed E-state index contributed by atoms with van der Waals surface area (Å²) in [5.74, 6) is -1.31. The second-order valence-electron chi connectivity index (χ2n) is 3.78. The molecule has 0 aliphatic carbocycles. The lowest BCUT2D eigenvalue weighted by Gasteiger charge is -2.06. The Morgan fingerprint density at radius 2 is 1.95 bits per heavy atom. The van der Waals surface area contributed by atoms with E-state index in [1.54, 1.807) is 18.2 Å². The Kier molecular flexibility index (Phi) is 3.42. The number of nitrogens with two attached hydrogens (primary N) is 1. The van der Waals surface area contributed by atoms with E-state index in [4.69, 9.17) is 5.73 Å². The summed E-state index contributed by atoms with van der Waals surface area (Å²) in [6.45, 7) is 1.86. The van der Waals surface area contributed by atoms with Crippen molar-refractivity contribution in [3.63, 3.8) is 0 Å². The number of nitrogens with one attached hydrogen (secondary N) is 2. The van der Waals surface area contributed by atoms with Crippen molar-refractivity contribution in [2.24, 2.45) is 0 Å². The Bertz CT molecular complexity index is 622. The number of carbonyl (C=O) groups is 2. The van der Waals surface area contributed by atoms with Crippen molar-refractivity contribution >= 4 is 17.6 Å². The number of nitrogens with zero attached hydrogens (tertiary/aromatic N) is 2. The van der Waals surface area contributed by atoms with Crippen LogP contribution in [0, 0.1) is 6.92 Å². The smallest absolute Gasteiger partial charge is 0.295 e. The molecule has 8 nitrogen and oxygen atoms in total. The summed E-state index contributed by atoms with van der Waals surface area (Å²) in [5, 5.41) is 6.56. The minimum atomic E-state index is -0.709. The lowest BCUT2D eigenvalue weighted by molar-refractivity contribution is 0.0841. The number of aromatic nitrogens is 2. The Hall–Kier alpha value is -2.90. The van der Waals surface area contributed by atoms with Gasteiger partial charge in [-0.2, -0.15) is 0 Å². The van der Waals surface area contributed by atoms with Gasteiger partial charge < -0.3 is 5.73 Å². The molecule has 0 aliphatic heterocycles. The predicted octanol–water partition coefficient (Wildman–Crippen LogP) is 0.0350. The third-order valence-corrected chi connectivity index (χ3v) is 2.30. The van der Waals surface area contributed by atoms with E-state index < -0.39 is 11.8 Å². The van der Waals surface area contributed by atoms with Gasteiger partial charge in [-0.3, -0.25) is 20.4 Å². The molecular weight excluding hydrogens is 250 g/mol. The monoisotopic (exact) mass is 261 g/mol. The number of aryl methyl sites for hydroxylation is 1. The molecule has 2 rings (SSSR count). The number of anilines is 1. The van der Waals surface area contributed by atoms with Crippen LogP contribution in [0.3, 0.4) is 0 Å². The third-order valence-electron chi connectivity index (χ3n) is 2.30. The normalized spacial score (nSPS) is 9.95. The van der Waals surface area contributed by atoms with Crippen LogP contribution < -0.4 is 16.6 Å². The van der Waals surface area contributed by atoms with Crippen LogP contribution in [0.5, 0.6) is 0 Å². The van der Waals surface area contributed by atoms with Crippen LogP contribution in [-0.4, -0.2) is 22.1 Å². The highest BCUT2D eigenvalue weighted by Gasteiger charge is 2.16. The van der Waals surface area contributed by atoms with Gasteiger partial charge in [-0.1, -0.05) is 17.7 Å². The third kappa shape index (κ3) is 2.86. The maximum absolute atomic E-state index is 11.7. The summed E-state index contributed by atoms with van der Waals surface area (Å²) >= 11 is 0. The number of amides is 2. The number of benzene rings is 1. The number of hydrogen-bond donors (Lipinski definition) is 3. The van der Waals surface area contributed by atoms with E-state index in [2.05, 4.69) is 25.8 Å². The first-order valence-electron chi connectivity index (χ1n) is 5.33. The van der Waals surface area contributed by atoms with Gasteiger partial charge in [0.05, 0.1) is 0 Å². The van der Waals surface area contributed by atoms with Gasteiger partial charge >= 0.3 is 0 Å². The molecule has 2 amide bonds. The molecule has 0 saturated heterocycles. The quantitative estimate of drug-likeness (QED) is 0.655. The van der Waals surface area contributed by atoms with Crippen LogP contribution in [0.25, 0.3) is 0 Å². The van der Waals surface area contributed by atoms with Gasteiger partial charge in [0.25, 0.3) is 11.8 Å². The highest BCUT2D eigenvalue weighted by Crippen LogP contribution is 2.04. The van der Waals surface area contributed by atoms with Crippen LogP contribution >= 0.6 is 0 Å². The molecule has 1 heterocycles. The summed E-state index contributed by atoms with van der Waals surface area (Å²) in [5.41, 5.74) is 10.9. The zero-order valence-electron chi connectivity index (χ0n) is 10.0. The maximum atomic E-state index is 11.7. The summed E-state index contributed by atoms with van der Waals surface area (Å²) in [6, 6.07) is 6.91. The molecule has 0 radical (unpaired) electrons. The molecule has 0 atom stereocenters. The molecule has 8 heteroatoms. The molecular formula is C11H11N5O3. The molecule has 0 spiro atoms. The zero-order chi connectivity index (χ0) is 13.8. The number of carbonyl (C=O) groups excluding carboxylic acids is 2. The first-order valence-corrected chi connectivity index (χ1v) is 5.33. The van der Waals surface area contributed by atoms with Gasteiger partial charge in [0, 0.05) is 5.56 Å². The van der Waals surface area contributed by atoms with E-state index in [0.717, 1.165) is 5.56 Å². The number of hydrazine groups is 1. The molecule has 0 aliphatic rings. The average Bonchev–Trinajstić information content (AvgIpc) is 2.82. The molecule has 4 N–H and O–H groups in total. The van der Waals surface area contributed by atoms with Crippen LogP contribution in [0.15, 0.2) is 28.9 Å². The van der Waals surface area contributed by atoms with Gasteiger partial charge in [0.15, 0.2) is 0 Å². The Morgan fingerprint density at radius 3 is 2.58 bits per heavy atom. The molecule has 1 aromatic carbocycles. The first kappa shape index (κ1) is 12.6. The van der Waals surface area contributed by atoms with E-state index in [0.29, 0.717) is 5.56 Å². The highest BCUT2D eigenvalue weighted by atomic mass is 16.6. The van der Waals surface area contributed by atoms with Gasteiger partial charge in [0.1, 0.15) is 0 Å². The van der Waals surface area contributed by atoms with Crippen LogP contribution in [-0.2, 0) is 0 Å². The molecule has 0 fully saturated rings. The van der Waals surface area contributed by atoms with Crippen LogP contribution in [0.4, 0.5) is 5.82 Å². The molecule has 0 bridgehead atoms. The summed E-state index contributed by atoms with van der Waals surface area (Å²) in [7, 11) is 0. The van der Waals surface area contributed by atoms with Crippen molar-refractivity contribution in [1.29, 1.82) is 0 Å². The maximum Gasteiger partial charge on any atom is 0.295 e. The fourth-order valence-corrected chi connectivity index (χ4v) is 1.38. The fourth-order valence-electron chi connectivity index (χ4n) is 1.38. The fraction of sp³-hybridized carbons (Fsp3) is 0.0909. The van der Waals surface area contributed by atoms with Crippen molar-refractivity contribution in [3.05, 3.63) is 41.1 Å². The zero-order valence-corrected chi connectivity index (χ0v) is 10.0. The van der Waals surface area contributed by atoms with E-state index in [1.165, 1.54) is 0 Å². The largest absolute Gasteiger partial charge is 0.379 e. The molecule has 0 saturated carbocycles. The average molecular weight is 261 g/mol. The Balaban J connectivity index is 1.98. The molecule has 1 aromatic heterocycles. The number of hydrogen-bond acceptors (Lipinski definition) is 6. The Labute approximate surface area is 107 Å². The highest BCUT2D eigenvalue weighted by molar-refractivity contribution is 5.99. The molecule has 2 aromatic rings. The van der Waals surface area contributed by atoms with E-state index >= 15 is 0 Å². The molecule has 98 valence electrons. The molecule has 0 unspecified atom stereocenters. The second kappa shape index (κ2) is 5.17. The van der Waals surface area contributed by atoms with Crippen molar-refractivity contribution in [1.82, 2.24) is 21.2 Å². The van der Waals surface area contributed by atoms with Crippen molar-refractivity contribution in [3.8, 4) is 0 Å². The van der Waals surface area contributed by atoms with Crippen LogP contribution in [0.1, 0.15) is 26.4 Å². The van der Waals surface area contributed by atoms with Gasteiger partial charge in [-0.25, -0.2) is 4.63 Å². The van der Waals surface area contributed by atoms with Crippen LogP contribution in [0.2, 0.25) is 0 Å². The van der Waals surface area contributed by atoms with Gasteiger partial charge in [-0.05, 0) is 29.4 Å². The minimum Gasteiger partial charge on any atom is -0.379 e. The van der Waals surface area contributed by atoms with Gasteiger partial charge in [0.2, 0.25) is 11.5 Å². The van der Waals surface area contributed by atoms with Crippen molar-refractivity contribution < 1.29 is 14.2 Å². The standard InChI is InChI=1S/C11H11N5O3/c1-6-3-2-4-7(5-6)10(17)13-14-11(18)8-9(12)16-19-15-8/h2-5H,1H3,(H2,12,16)(H,13,17)(H,14,18). The first-order chi connectivity index (χ1) is 9.08. The minimum absolute atomic E-state index is 0.151. The number of nitrogen functional groups attached to an aromatic ring is 1. The summed E-state index contributed by atoms with van der Waals surface area (Å²) < 4.78 is 4.28. The van der Waals surface area contributed by atoms with Gasteiger partial charge in [-0.15, -0.1) is 0 Å². The van der Waals surface area contributed by atoms with E-state index in [1.807, 2.05) is 13.0 Å². The van der Waals surface area contributed by atoms with E-state index in [-0.39, 0.29) is 11.5 Å². The lowest BCUT2D eigenvalue weighted by atomic mass is 10.1. The van der Waals surface area contributed by atoms with Crippen molar-refractivity contribution in [2.45, 2.75) is 6.92 Å². The lowest BCUT2D eigenvalue weighted by Crippen LogP contribution is -2.42. The predicted molar refractivity (Wildman–Crippen MR) is 64.8 cm³/mol. The Morgan fingerprint density at radius 1 is 1.21 bits per heavy atom. The number of rotatable bonds is 2. The SMILES string of the molecule is Cc1cccc(C(=O)NNC(=O)c2nonc2N)c1. The summed E-state index contributed by atoms with van der Waals surface area (Å²) in [4.78, 5) is 23.3. The summed E-state index contributed by atoms with van der Waals surface area (Å²) in [6.07, 6.45) is 0. The van der Waals surface area contributed by atoms with E-state index in [9.17, 15) is 9.59 Å².